The Hall–Kier alpha value is -4.21. The lowest BCUT2D eigenvalue weighted by Gasteiger charge is -2.34. The highest BCUT2D eigenvalue weighted by molar-refractivity contribution is 7.92. The zero-order valence-corrected chi connectivity index (χ0v) is 27.8. The highest BCUT2D eigenvalue weighted by atomic mass is 35.5. The van der Waals surface area contributed by atoms with Crippen LogP contribution in [0, 0.1) is 19.7 Å². The summed E-state index contributed by atoms with van der Waals surface area (Å²) in [5, 5.41) is 3.26. The van der Waals surface area contributed by atoms with Crippen molar-refractivity contribution in [2.45, 2.75) is 57.5 Å². The van der Waals surface area contributed by atoms with Crippen molar-refractivity contribution in [2.24, 2.45) is 0 Å². The maximum atomic E-state index is 15.1. The van der Waals surface area contributed by atoms with E-state index in [9.17, 15) is 18.0 Å². The summed E-state index contributed by atoms with van der Waals surface area (Å²) in [7, 11) is -4.29. The molecule has 0 heterocycles. The maximum Gasteiger partial charge on any atom is 0.264 e. The van der Waals surface area contributed by atoms with Gasteiger partial charge in [0.05, 0.1) is 10.6 Å². The van der Waals surface area contributed by atoms with E-state index in [0.29, 0.717) is 17.1 Å². The Morgan fingerprint density at radius 3 is 2.24 bits per heavy atom. The number of nitrogens with zero attached hydrogens (tertiary/aromatic N) is 2. The van der Waals surface area contributed by atoms with Crippen LogP contribution in [0.2, 0.25) is 5.02 Å². The summed E-state index contributed by atoms with van der Waals surface area (Å²) in [4.78, 5) is 29.6. The zero-order valence-electron chi connectivity index (χ0n) is 26.2. The number of amides is 2. The molecule has 242 valence electrons. The molecule has 0 radical (unpaired) electrons. The number of sulfonamides is 1. The topological polar surface area (TPSA) is 86.8 Å². The van der Waals surface area contributed by atoms with Crippen molar-refractivity contribution < 1.29 is 22.4 Å². The zero-order chi connectivity index (χ0) is 33.3. The van der Waals surface area contributed by atoms with Crippen LogP contribution in [0.25, 0.3) is 0 Å². The molecule has 0 fully saturated rings. The predicted octanol–water partition coefficient (Wildman–Crippen LogP) is 6.85. The maximum absolute atomic E-state index is 15.1. The van der Waals surface area contributed by atoms with E-state index in [1.54, 1.807) is 55.5 Å². The largest absolute Gasteiger partial charge is 0.354 e. The fraction of sp³-hybridized carbons (Fsp3) is 0.278. The van der Waals surface area contributed by atoms with E-state index in [0.717, 1.165) is 28.3 Å². The molecule has 10 heteroatoms. The van der Waals surface area contributed by atoms with Crippen molar-refractivity contribution >= 4 is 39.1 Å². The van der Waals surface area contributed by atoms with Crippen LogP contribution in [0.4, 0.5) is 10.1 Å². The quantitative estimate of drug-likeness (QED) is 0.150. The molecule has 0 aliphatic heterocycles. The summed E-state index contributed by atoms with van der Waals surface area (Å²) >= 11 is 6.43. The average molecular weight is 664 g/mol. The molecule has 0 aromatic heterocycles. The summed E-state index contributed by atoms with van der Waals surface area (Å²) in [5.41, 5.74) is 2.54. The van der Waals surface area contributed by atoms with Gasteiger partial charge in [-0.05, 0) is 61.7 Å². The summed E-state index contributed by atoms with van der Waals surface area (Å²) in [6.07, 6.45) is 1.73. The second-order valence-electron chi connectivity index (χ2n) is 11.2. The molecule has 2 amide bonds. The Balaban J connectivity index is 1.83. The number of anilines is 1. The Bertz CT molecular complexity index is 1750. The Morgan fingerprint density at radius 2 is 1.57 bits per heavy atom. The van der Waals surface area contributed by atoms with Gasteiger partial charge in [-0.2, -0.15) is 0 Å². The van der Waals surface area contributed by atoms with E-state index in [1.165, 1.54) is 23.1 Å². The lowest BCUT2D eigenvalue weighted by molar-refractivity contribution is -0.140. The van der Waals surface area contributed by atoms with Crippen LogP contribution in [0.1, 0.15) is 42.0 Å². The van der Waals surface area contributed by atoms with Crippen LogP contribution in [-0.4, -0.2) is 44.3 Å². The van der Waals surface area contributed by atoms with Crippen LogP contribution in [0.15, 0.2) is 102 Å². The fourth-order valence-electron chi connectivity index (χ4n) is 5.09. The molecule has 1 N–H and O–H groups in total. The van der Waals surface area contributed by atoms with Crippen LogP contribution in [0.3, 0.4) is 0 Å². The molecule has 1 atom stereocenters. The normalized spacial score (nSPS) is 11.9. The molecule has 0 saturated carbocycles. The van der Waals surface area contributed by atoms with E-state index in [4.69, 9.17) is 11.6 Å². The lowest BCUT2D eigenvalue weighted by atomic mass is 10.0. The molecule has 46 heavy (non-hydrogen) atoms. The first-order valence-corrected chi connectivity index (χ1v) is 17.0. The molecule has 4 aromatic carbocycles. The third-order valence-corrected chi connectivity index (χ3v) is 9.98. The molecular weight excluding hydrogens is 625 g/mol. The molecule has 7 nitrogen and oxygen atoms in total. The number of nitrogens with one attached hydrogen (secondary N) is 1. The van der Waals surface area contributed by atoms with E-state index in [2.05, 4.69) is 5.32 Å². The molecular formula is C36H39ClFN3O4S. The minimum atomic E-state index is -4.29. The second kappa shape index (κ2) is 15.9. The van der Waals surface area contributed by atoms with Crippen molar-refractivity contribution in [3.8, 4) is 0 Å². The number of hydrogen-bond acceptors (Lipinski definition) is 4. The van der Waals surface area contributed by atoms with Crippen molar-refractivity contribution in [3.63, 3.8) is 0 Å². The summed E-state index contributed by atoms with van der Waals surface area (Å²) < 4.78 is 44.5. The molecule has 0 aliphatic rings. The number of aryl methyl sites for hydroxylation is 1. The third-order valence-electron chi connectivity index (χ3n) is 7.79. The summed E-state index contributed by atoms with van der Waals surface area (Å²) in [5.74, 6) is -1.63. The van der Waals surface area contributed by atoms with Gasteiger partial charge in [0.25, 0.3) is 10.0 Å². The fourth-order valence-corrected chi connectivity index (χ4v) is 6.73. The second-order valence-corrected chi connectivity index (χ2v) is 13.4. The number of carbonyl (C=O) groups excluding carboxylic acids is 2. The number of unbranched alkanes of at least 4 members (excludes halogenated alkanes) is 1. The number of halogens is 2. The summed E-state index contributed by atoms with van der Waals surface area (Å²) in [6.45, 7) is 5.02. The van der Waals surface area contributed by atoms with Crippen molar-refractivity contribution in [1.29, 1.82) is 0 Å². The van der Waals surface area contributed by atoms with Crippen LogP contribution < -0.4 is 9.62 Å². The minimum absolute atomic E-state index is 0.0101. The van der Waals surface area contributed by atoms with Gasteiger partial charge in [-0.3, -0.25) is 13.9 Å². The lowest BCUT2D eigenvalue weighted by Crippen LogP contribution is -2.53. The van der Waals surface area contributed by atoms with Crippen LogP contribution in [-0.2, 0) is 32.6 Å². The van der Waals surface area contributed by atoms with Gasteiger partial charge < -0.3 is 10.2 Å². The highest BCUT2D eigenvalue weighted by Gasteiger charge is 2.35. The van der Waals surface area contributed by atoms with Crippen LogP contribution in [0.5, 0.6) is 0 Å². The van der Waals surface area contributed by atoms with Gasteiger partial charge in [0.1, 0.15) is 18.4 Å². The van der Waals surface area contributed by atoms with Gasteiger partial charge in [-0.15, -0.1) is 0 Å². The van der Waals surface area contributed by atoms with Gasteiger partial charge in [-0.25, -0.2) is 12.8 Å². The van der Waals surface area contributed by atoms with E-state index in [-0.39, 0.29) is 29.1 Å². The molecule has 4 rings (SSSR count). The molecule has 0 aliphatic carbocycles. The first-order chi connectivity index (χ1) is 22.0. The van der Waals surface area contributed by atoms with Crippen LogP contribution >= 0.6 is 11.6 Å². The van der Waals surface area contributed by atoms with Gasteiger partial charge in [0.15, 0.2) is 0 Å². The number of hydrogen-bond donors (Lipinski definition) is 1. The third kappa shape index (κ3) is 8.53. The molecule has 0 bridgehead atoms. The first kappa shape index (κ1) is 34.7. The van der Waals surface area contributed by atoms with Gasteiger partial charge in [0.2, 0.25) is 11.8 Å². The van der Waals surface area contributed by atoms with Crippen molar-refractivity contribution in [1.82, 2.24) is 10.2 Å². The molecule has 4 aromatic rings. The first-order valence-electron chi connectivity index (χ1n) is 15.2. The van der Waals surface area contributed by atoms with Crippen molar-refractivity contribution in [3.05, 3.63) is 130 Å². The smallest absolute Gasteiger partial charge is 0.264 e. The van der Waals surface area contributed by atoms with E-state index >= 15 is 4.39 Å². The van der Waals surface area contributed by atoms with E-state index < -0.39 is 40.2 Å². The average Bonchev–Trinajstić information content (AvgIpc) is 3.04. The number of rotatable bonds is 14. The highest BCUT2D eigenvalue weighted by Crippen LogP contribution is 2.31. The van der Waals surface area contributed by atoms with Crippen molar-refractivity contribution in [2.75, 3.05) is 17.4 Å². The summed E-state index contributed by atoms with van der Waals surface area (Å²) in [6, 6.07) is 25.4. The molecule has 0 spiro atoms. The SMILES string of the molecule is CCCCNC(=O)[C@@H](Cc1ccccc1)N(Cc1ccccc1F)C(=O)CN(c1cccc(Cl)c1C)S(=O)(=O)c1ccc(C)cc1. The Morgan fingerprint density at radius 1 is 0.891 bits per heavy atom. The van der Waals surface area contributed by atoms with Gasteiger partial charge in [-0.1, -0.05) is 97.2 Å². The molecule has 0 unspecified atom stereocenters. The van der Waals surface area contributed by atoms with Gasteiger partial charge >= 0.3 is 0 Å². The standard InChI is InChI=1S/C36H39ClFN3O4S/c1-4-5-22-39-36(43)34(23-28-12-7-6-8-13-28)40(24-29-14-9-10-16-32(29)38)35(42)25-41(33-17-11-15-31(37)27(33)3)46(44,45)30-20-18-26(2)19-21-30/h6-21,34H,4-5,22-25H2,1-3H3,(H,39,43)/t34-/m1/s1. The molecule has 0 saturated heterocycles. The Kier molecular flexibility index (Phi) is 12.0. The van der Waals surface area contributed by atoms with Gasteiger partial charge in [0, 0.05) is 30.1 Å². The predicted molar refractivity (Wildman–Crippen MR) is 181 cm³/mol. The Labute approximate surface area is 276 Å². The van der Waals surface area contributed by atoms with E-state index in [1.807, 2.05) is 44.2 Å². The minimum Gasteiger partial charge on any atom is -0.354 e. The number of carbonyl (C=O) groups is 2. The monoisotopic (exact) mass is 663 g/mol. The number of benzene rings is 4.